The van der Waals surface area contributed by atoms with Crippen LogP contribution in [-0.2, 0) is 56.1 Å². The highest BCUT2D eigenvalue weighted by Gasteiger charge is 2.61. The van der Waals surface area contributed by atoms with Gasteiger partial charge in [-0.1, -0.05) is 67.2 Å². The molecule has 9 nitrogen and oxygen atoms in total. The van der Waals surface area contributed by atoms with Gasteiger partial charge in [0.25, 0.3) is 0 Å². The van der Waals surface area contributed by atoms with E-state index in [-0.39, 0.29) is 49.5 Å². The lowest BCUT2D eigenvalue weighted by atomic mass is 10.1. The first-order valence-corrected chi connectivity index (χ1v) is 18.8. The molecule has 0 N–H and O–H groups in total. The van der Waals surface area contributed by atoms with Crippen LogP contribution in [0.4, 0.5) is 0 Å². The molecule has 3 unspecified atom stereocenters. The van der Waals surface area contributed by atoms with Crippen molar-refractivity contribution in [1.29, 1.82) is 0 Å². The average Bonchev–Trinajstić information content (AvgIpc) is 3.54. The van der Waals surface area contributed by atoms with Crippen molar-refractivity contribution in [3.05, 3.63) is 71.8 Å². The quantitative estimate of drug-likeness (QED) is 0.0794. The summed E-state index contributed by atoms with van der Waals surface area (Å²) >= 11 is 6.17. The van der Waals surface area contributed by atoms with E-state index in [0.717, 1.165) is 28.4 Å². The normalized spacial score (nSPS) is 17.1. The van der Waals surface area contributed by atoms with E-state index < -0.39 is 22.9 Å². The number of allylic oxidation sites excluding steroid dienone is 2. The molecule has 0 radical (unpaired) electrons. The van der Waals surface area contributed by atoms with E-state index in [2.05, 4.69) is 33.8 Å². The minimum atomic E-state index is -2.65. The third-order valence-electron chi connectivity index (χ3n) is 6.85. The lowest BCUT2D eigenvalue weighted by Gasteiger charge is -2.21. The van der Waals surface area contributed by atoms with Gasteiger partial charge in [0.2, 0.25) is 5.69 Å². The predicted molar refractivity (Wildman–Crippen MR) is 181 cm³/mol. The highest BCUT2D eigenvalue weighted by atomic mass is 32.9. The van der Waals surface area contributed by atoms with Crippen molar-refractivity contribution < 1.29 is 42.4 Å². The Kier molecular flexibility index (Phi) is 15.8. The third kappa shape index (κ3) is 12.6. The number of benzene rings is 2. The minimum Gasteiger partial charge on any atom is -0.466 e. The summed E-state index contributed by atoms with van der Waals surface area (Å²) in [5.74, 6) is 0.608. The average molecular weight is 681 g/mol. The van der Waals surface area contributed by atoms with Gasteiger partial charge < -0.3 is 28.0 Å². The van der Waals surface area contributed by atoms with Gasteiger partial charge in [-0.15, -0.1) is 0 Å². The molecule has 1 aliphatic rings. The van der Waals surface area contributed by atoms with Gasteiger partial charge in [0.15, 0.2) is 0 Å². The van der Waals surface area contributed by atoms with Gasteiger partial charge >= 0.3 is 17.9 Å². The molecule has 0 heterocycles. The van der Waals surface area contributed by atoms with Crippen LogP contribution >= 0.6 is 17.1 Å². The molecule has 2 aromatic rings. The van der Waals surface area contributed by atoms with Crippen LogP contribution in [0.5, 0.6) is 11.5 Å². The summed E-state index contributed by atoms with van der Waals surface area (Å²) in [7, 11) is 2.81. The van der Waals surface area contributed by atoms with Gasteiger partial charge in [-0.05, 0) is 80.7 Å². The van der Waals surface area contributed by atoms with Gasteiger partial charge in [0.1, 0.15) is 23.4 Å². The van der Waals surface area contributed by atoms with Crippen molar-refractivity contribution in [2.24, 2.45) is 17.3 Å². The van der Waals surface area contributed by atoms with E-state index in [0.29, 0.717) is 0 Å². The molecule has 1 aliphatic carbocycles. The van der Waals surface area contributed by atoms with Crippen LogP contribution in [0.2, 0.25) is 0 Å². The largest absolute Gasteiger partial charge is 0.466 e. The molecule has 0 spiro atoms. The maximum absolute atomic E-state index is 12.5. The first-order valence-electron chi connectivity index (χ1n) is 14.7. The molecule has 248 valence electrons. The fourth-order valence-corrected chi connectivity index (χ4v) is 8.32. The summed E-state index contributed by atoms with van der Waals surface area (Å²) in [6.45, 7) is 12.5. The molecular weight excluding hydrogens is 635 g/mol. The molecule has 45 heavy (non-hydrogen) atoms. The van der Waals surface area contributed by atoms with Crippen LogP contribution in [0.1, 0.15) is 53.5 Å². The SMILES string of the molecule is CC(C)=CC1C(C(=O)OCc2cccc(Oc3ccccc3)c2)C1(C)C.CCOC(=O)CC(SP(=S)(OC)OC)C(=O)OCC. The molecule has 3 rings (SSSR count). The van der Waals surface area contributed by atoms with Crippen LogP contribution in [-0.4, -0.2) is 50.6 Å². The molecule has 12 heteroatoms. The minimum absolute atomic E-state index is 0.0212. The second-order valence-electron chi connectivity index (χ2n) is 10.9. The number of ether oxygens (including phenoxy) is 4. The van der Waals surface area contributed by atoms with E-state index in [1.807, 2.05) is 54.6 Å². The van der Waals surface area contributed by atoms with E-state index in [4.69, 9.17) is 39.8 Å². The Morgan fingerprint density at radius 1 is 0.933 bits per heavy atom. The van der Waals surface area contributed by atoms with Crippen LogP contribution in [0, 0.1) is 17.3 Å². The summed E-state index contributed by atoms with van der Waals surface area (Å²) in [6.07, 6.45) is 2.06. The Morgan fingerprint density at radius 2 is 1.56 bits per heavy atom. The van der Waals surface area contributed by atoms with E-state index >= 15 is 0 Å². The Morgan fingerprint density at radius 3 is 2.13 bits per heavy atom. The monoisotopic (exact) mass is 680 g/mol. The standard InChI is InChI=1S/C23H26O3.C10H19O6PS2/c1-16(2)13-20-21(23(20,3)4)22(24)25-15-17-9-8-12-19(14-17)26-18-10-6-5-7-11-18;1-5-15-9(11)7-8(10(12)16-6-2)19-17(18,13-3)14-4/h5-14,20-21H,15H2,1-4H3;8H,5-7H2,1-4H3. The Hall–Kier alpha value is -2.69. The Bertz CT molecular complexity index is 1330. The lowest BCUT2D eigenvalue weighted by Crippen LogP contribution is -2.24. The highest BCUT2D eigenvalue weighted by molar-refractivity contribution is 8.68. The molecule has 1 fully saturated rings. The number of hydrogen-bond acceptors (Lipinski definition) is 11. The summed E-state index contributed by atoms with van der Waals surface area (Å²) < 4.78 is 31.3. The molecule has 1 saturated carbocycles. The van der Waals surface area contributed by atoms with Gasteiger partial charge in [-0.2, -0.15) is 0 Å². The molecule has 3 atom stereocenters. The summed E-state index contributed by atoms with van der Waals surface area (Å²) in [5.41, 5.74) is -0.509. The second-order valence-corrected chi connectivity index (χ2v) is 17.5. The second kappa shape index (κ2) is 18.5. The number of carbonyl (C=O) groups excluding carboxylic acids is 3. The van der Waals surface area contributed by atoms with Gasteiger partial charge in [0.05, 0.1) is 25.6 Å². The molecule has 0 saturated heterocycles. The maximum Gasteiger partial charge on any atom is 0.320 e. The topological polar surface area (TPSA) is 107 Å². The van der Waals surface area contributed by atoms with Crippen molar-refractivity contribution in [3.63, 3.8) is 0 Å². The van der Waals surface area contributed by atoms with Crippen LogP contribution in [0.25, 0.3) is 0 Å². The number of para-hydroxylation sites is 1. The van der Waals surface area contributed by atoms with Crippen LogP contribution < -0.4 is 4.74 Å². The third-order valence-corrected chi connectivity index (χ3v) is 12.7. The fourth-order valence-electron chi connectivity index (χ4n) is 4.45. The van der Waals surface area contributed by atoms with Gasteiger partial charge in [-0.3, -0.25) is 14.4 Å². The first kappa shape index (κ1) is 38.5. The number of esters is 3. The molecule has 0 aromatic heterocycles. The number of carbonyl (C=O) groups is 3. The summed E-state index contributed by atoms with van der Waals surface area (Å²) in [5, 5.41) is -0.787. The molecule has 0 bridgehead atoms. The zero-order chi connectivity index (χ0) is 33.6. The van der Waals surface area contributed by atoms with Crippen molar-refractivity contribution in [1.82, 2.24) is 0 Å². The Balaban J connectivity index is 0.000000332. The summed E-state index contributed by atoms with van der Waals surface area (Å²) in [4.78, 5) is 35.8. The molecule has 0 amide bonds. The van der Waals surface area contributed by atoms with Crippen molar-refractivity contribution in [2.45, 2.75) is 59.8 Å². The zero-order valence-corrected chi connectivity index (χ0v) is 29.8. The van der Waals surface area contributed by atoms with E-state index in [1.54, 1.807) is 13.8 Å². The van der Waals surface area contributed by atoms with Crippen molar-refractivity contribution in [3.8, 4) is 11.5 Å². The lowest BCUT2D eigenvalue weighted by molar-refractivity contribution is -0.149. The highest BCUT2D eigenvalue weighted by Crippen LogP contribution is 2.62. The van der Waals surface area contributed by atoms with Crippen molar-refractivity contribution in [2.75, 3.05) is 27.4 Å². The van der Waals surface area contributed by atoms with Gasteiger partial charge in [-0.25, -0.2) is 0 Å². The van der Waals surface area contributed by atoms with Crippen LogP contribution in [0.3, 0.4) is 0 Å². The van der Waals surface area contributed by atoms with Crippen molar-refractivity contribution >= 4 is 46.8 Å². The van der Waals surface area contributed by atoms with Crippen LogP contribution in [0.15, 0.2) is 66.2 Å². The van der Waals surface area contributed by atoms with E-state index in [1.165, 1.54) is 19.8 Å². The molecule has 0 aliphatic heterocycles. The molecular formula is C33H45O9PS2. The summed E-state index contributed by atoms with van der Waals surface area (Å²) in [6, 6.07) is 17.3. The number of rotatable bonds is 15. The maximum atomic E-state index is 12.5. The number of hydrogen-bond donors (Lipinski definition) is 0. The zero-order valence-electron chi connectivity index (χ0n) is 27.3. The van der Waals surface area contributed by atoms with E-state index in [9.17, 15) is 14.4 Å². The smallest absolute Gasteiger partial charge is 0.320 e. The van der Waals surface area contributed by atoms with Gasteiger partial charge in [0, 0.05) is 14.2 Å². The fraction of sp³-hybridized carbons (Fsp3) is 0.485. The predicted octanol–water partition coefficient (Wildman–Crippen LogP) is 7.88. The molecule has 2 aromatic carbocycles. The Labute approximate surface area is 276 Å². The first-order chi connectivity index (χ1) is 21.3.